The number of aromatic nitrogens is 3. The Morgan fingerprint density at radius 2 is 1.38 bits per heavy atom. The molecule has 0 radical (unpaired) electrons. The summed E-state index contributed by atoms with van der Waals surface area (Å²) in [7, 11) is 0. The summed E-state index contributed by atoms with van der Waals surface area (Å²) < 4.78 is 8.38. The van der Waals surface area contributed by atoms with E-state index in [0.717, 1.165) is 61.1 Å². The third-order valence-corrected chi connectivity index (χ3v) is 8.72. The van der Waals surface area contributed by atoms with Crippen LogP contribution in [0.1, 0.15) is 52.7 Å². The molecule has 0 aliphatic heterocycles. The molecule has 0 atom stereocenters. The van der Waals surface area contributed by atoms with Crippen LogP contribution in [0.5, 0.6) is 17.4 Å². The standard InChI is InChI=1S/C42H39N3O2/c1-41(2,3)30-25-34(42(4,5)6)39(46)37(26-30)45-36-18-11-10-17-32(36)33-19-20-35(44-40(33)45)29-15-12-16-31(23-29)47-38-24-28(21-22-43-38)27-13-8-7-9-14-27/h7-26,46H,1-6H3. The van der Waals surface area contributed by atoms with E-state index in [2.05, 4.69) is 99.6 Å². The highest BCUT2D eigenvalue weighted by Crippen LogP contribution is 2.42. The quantitative estimate of drug-likeness (QED) is 0.209. The topological polar surface area (TPSA) is 60.2 Å². The summed E-state index contributed by atoms with van der Waals surface area (Å²) >= 11 is 0. The number of aromatic hydroxyl groups is 1. The van der Waals surface area contributed by atoms with Crippen molar-refractivity contribution in [1.82, 2.24) is 14.5 Å². The molecular weight excluding hydrogens is 578 g/mol. The van der Waals surface area contributed by atoms with Crippen molar-refractivity contribution < 1.29 is 9.84 Å². The molecule has 7 rings (SSSR count). The summed E-state index contributed by atoms with van der Waals surface area (Å²) in [6, 6.07) is 38.8. The van der Waals surface area contributed by atoms with Gasteiger partial charge in [-0.25, -0.2) is 9.97 Å². The van der Waals surface area contributed by atoms with Crippen LogP contribution in [0.15, 0.2) is 121 Å². The molecule has 1 N–H and O–H groups in total. The van der Waals surface area contributed by atoms with Gasteiger partial charge in [-0.1, -0.05) is 108 Å². The molecule has 0 aliphatic rings. The molecule has 0 saturated carbocycles. The Labute approximate surface area is 276 Å². The third kappa shape index (κ3) is 5.74. The second-order valence-corrected chi connectivity index (χ2v) is 14.2. The number of rotatable bonds is 5. The maximum atomic E-state index is 11.9. The highest BCUT2D eigenvalue weighted by Gasteiger charge is 2.27. The minimum Gasteiger partial charge on any atom is -0.505 e. The molecule has 7 aromatic rings. The van der Waals surface area contributed by atoms with Crippen LogP contribution in [0, 0.1) is 0 Å². The summed E-state index contributed by atoms with van der Waals surface area (Å²) in [6.45, 7) is 13.1. The summed E-state index contributed by atoms with van der Waals surface area (Å²) in [5.74, 6) is 1.48. The molecule has 234 valence electrons. The van der Waals surface area contributed by atoms with E-state index in [-0.39, 0.29) is 16.6 Å². The van der Waals surface area contributed by atoms with Gasteiger partial charge >= 0.3 is 0 Å². The maximum absolute atomic E-state index is 11.9. The van der Waals surface area contributed by atoms with Crippen molar-refractivity contribution in [2.45, 2.75) is 52.4 Å². The largest absolute Gasteiger partial charge is 0.505 e. The van der Waals surface area contributed by atoms with Crippen LogP contribution in [-0.4, -0.2) is 19.6 Å². The van der Waals surface area contributed by atoms with Crippen LogP contribution in [0.4, 0.5) is 0 Å². The van der Waals surface area contributed by atoms with E-state index in [1.54, 1.807) is 6.20 Å². The fraction of sp³-hybridized carbons (Fsp3) is 0.190. The number of benzene rings is 4. The van der Waals surface area contributed by atoms with Gasteiger partial charge in [0.1, 0.15) is 17.1 Å². The number of pyridine rings is 2. The molecule has 0 bridgehead atoms. The first kappa shape index (κ1) is 30.2. The molecule has 0 saturated heterocycles. The van der Waals surface area contributed by atoms with Crippen molar-refractivity contribution in [3.05, 3.63) is 133 Å². The first-order valence-electron chi connectivity index (χ1n) is 16.1. The van der Waals surface area contributed by atoms with Crippen molar-refractivity contribution in [1.29, 1.82) is 0 Å². The average Bonchev–Trinajstić information content (AvgIpc) is 3.38. The first-order chi connectivity index (χ1) is 22.5. The molecular formula is C42H39N3O2. The maximum Gasteiger partial charge on any atom is 0.219 e. The fourth-order valence-electron chi connectivity index (χ4n) is 6.15. The Bertz CT molecular complexity index is 2250. The lowest BCUT2D eigenvalue weighted by Crippen LogP contribution is -2.18. The van der Waals surface area contributed by atoms with E-state index in [1.807, 2.05) is 66.7 Å². The lowest BCUT2D eigenvalue weighted by molar-refractivity contribution is 0.442. The minimum atomic E-state index is -0.257. The van der Waals surface area contributed by atoms with E-state index >= 15 is 0 Å². The van der Waals surface area contributed by atoms with Gasteiger partial charge < -0.3 is 9.84 Å². The summed E-state index contributed by atoms with van der Waals surface area (Å²) in [5, 5.41) is 14.0. The van der Waals surface area contributed by atoms with E-state index in [0.29, 0.717) is 11.6 Å². The summed E-state index contributed by atoms with van der Waals surface area (Å²) in [4.78, 5) is 9.73. The van der Waals surface area contributed by atoms with Crippen LogP contribution < -0.4 is 4.74 Å². The first-order valence-corrected chi connectivity index (χ1v) is 16.1. The van der Waals surface area contributed by atoms with E-state index in [4.69, 9.17) is 9.72 Å². The highest BCUT2D eigenvalue weighted by atomic mass is 16.5. The van der Waals surface area contributed by atoms with Gasteiger partial charge in [-0.15, -0.1) is 0 Å². The Balaban J connectivity index is 1.36. The van der Waals surface area contributed by atoms with Crippen LogP contribution in [0.2, 0.25) is 0 Å². The number of para-hydroxylation sites is 1. The summed E-state index contributed by atoms with van der Waals surface area (Å²) in [6.07, 6.45) is 1.77. The zero-order valence-corrected chi connectivity index (χ0v) is 27.7. The molecule has 0 unspecified atom stereocenters. The number of fused-ring (bicyclic) bond motifs is 3. The third-order valence-electron chi connectivity index (χ3n) is 8.72. The Hall–Kier alpha value is -5.42. The number of hydrogen-bond acceptors (Lipinski definition) is 4. The lowest BCUT2D eigenvalue weighted by Gasteiger charge is -2.28. The number of phenols is 1. The lowest BCUT2D eigenvalue weighted by atomic mass is 9.79. The van der Waals surface area contributed by atoms with Gasteiger partial charge in [0, 0.05) is 34.2 Å². The van der Waals surface area contributed by atoms with E-state index in [1.165, 1.54) is 0 Å². The van der Waals surface area contributed by atoms with Crippen molar-refractivity contribution in [3.63, 3.8) is 0 Å². The number of phenolic OH excluding ortho intramolecular Hbond substituents is 1. The highest BCUT2D eigenvalue weighted by molar-refractivity contribution is 6.08. The molecule has 3 heterocycles. The Morgan fingerprint density at radius 3 is 2.15 bits per heavy atom. The van der Waals surface area contributed by atoms with Crippen LogP contribution in [0.3, 0.4) is 0 Å². The molecule has 0 amide bonds. The molecule has 3 aromatic heterocycles. The molecule has 4 aromatic carbocycles. The van der Waals surface area contributed by atoms with Crippen LogP contribution >= 0.6 is 0 Å². The van der Waals surface area contributed by atoms with Crippen molar-refractivity contribution in [2.75, 3.05) is 0 Å². The second kappa shape index (κ2) is 11.4. The van der Waals surface area contributed by atoms with Gasteiger partial charge in [0.2, 0.25) is 5.88 Å². The van der Waals surface area contributed by atoms with Gasteiger partial charge in [0.15, 0.2) is 0 Å². The van der Waals surface area contributed by atoms with Gasteiger partial charge in [-0.05, 0) is 70.0 Å². The molecule has 5 nitrogen and oxygen atoms in total. The normalized spacial score (nSPS) is 12.1. The average molecular weight is 618 g/mol. The zero-order chi connectivity index (χ0) is 32.9. The predicted octanol–water partition coefficient (Wildman–Crippen LogP) is 11.0. The van der Waals surface area contributed by atoms with Crippen molar-refractivity contribution in [2.24, 2.45) is 0 Å². The monoisotopic (exact) mass is 617 g/mol. The van der Waals surface area contributed by atoms with Crippen LogP contribution in [0.25, 0.3) is 50.0 Å². The Kier molecular flexibility index (Phi) is 7.35. The Morgan fingerprint density at radius 1 is 0.638 bits per heavy atom. The van der Waals surface area contributed by atoms with E-state index in [9.17, 15) is 5.11 Å². The van der Waals surface area contributed by atoms with Gasteiger partial charge in [-0.3, -0.25) is 4.57 Å². The number of nitrogens with zero attached hydrogens (tertiary/aromatic N) is 3. The van der Waals surface area contributed by atoms with Gasteiger partial charge in [0.05, 0.1) is 16.9 Å². The zero-order valence-electron chi connectivity index (χ0n) is 27.7. The molecule has 0 aliphatic carbocycles. The van der Waals surface area contributed by atoms with Gasteiger partial charge in [0.25, 0.3) is 0 Å². The predicted molar refractivity (Wildman–Crippen MR) is 193 cm³/mol. The SMILES string of the molecule is CC(C)(C)c1cc(-n2c3ccccc3c3ccc(-c4cccc(Oc5cc(-c6ccccc6)ccn5)c4)nc32)c(O)c(C(C)(C)C)c1. The fourth-order valence-corrected chi connectivity index (χ4v) is 6.15. The molecule has 47 heavy (non-hydrogen) atoms. The van der Waals surface area contributed by atoms with Crippen molar-refractivity contribution >= 4 is 21.9 Å². The van der Waals surface area contributed by atoms with E-state index < -0.39 is 0 Å². The number of hydrogen-bond donors (Lipinski definition) is 1. The van der Waals surface area contributed by atoms with Gasteiger partial charge in [-0.2, -0.15) is 0 Å². The number of ether oxygens (including phenoxy) is 1. The smallest absolute Gasteiger partial charge is 0.219 e. The minimum absolute atomic E-state index is 0.115. The van der Waals surface area contributed by atoms with Crippen LogP contribution in [-0.2, 0) is 10.8 Å². The van der Waals surface area contributed by atoms with Crippen molar-refractivity contribution in [3.8, 4) is 45.5 Å². The molecule has 0 spiro atoms. The second-order valence-electron chi connectivity index (χ2n) is 14.2. The summed E-state index contributed by atoms with van der Waals surface area (Å²) in [5.41, 5.74) is 8.09. The molecule has 0 fully saturated rings. The molecule has 5 heteroatoms.